The Bertz CT molecular complexity index is 275. The summed E-state index contributed by atoms with van der Waals surface area (Å²) in [6.07, 6.45) is 3.45. The Hall–Kier alpha value is -1.31. The average Bonchev–Trinajstić information content (AvgIpc) is 2.17. The molecule has 0 aliphatic rings. The van der Waals surface area contributed by atoms with E-state index in [0.717, 1.165) is 11.4 Å². The van der Waals surface area contributed by atoms with Gasteiger partial charge in [0.05, 0.1) is 0 Å². The van der Waals surface area contributed by atoms with Gasteiger partial charge in [-0.2, -0.15) is 0 Å². The van der Waals surface area contributed by atoms with Gasteiger partial charge in [-0.1, -0.05) is 38.7 Å². The second kappa shape index (κ2) is 6.19. The minimum Gasteiger partial charge on any atom is -0.347 e. The molecule has 0 atom stereocenters. The number of rotatable bonds is 4. The van der Waals surface area contributed by atoms with Crippen molar-refractivity contribution < 1.29 is 1.43 Å². The average molecular weight is 194 g/mol. The van der Waals surface area contributed by atoms with Crippen LogP contribution in [0.1, 0.15) is 22.2 Å². The number of hydrogen-bond donors (Lipinski definition) is 1. The molecule has 0 fully saturated rings. The zero-order valence-corrected chi connectivity index (χ0v) is 9.59. The van der Waals surface area contributed by atoms with Crippen molar-refractivity contribution >= 4 is 5.84 Å². The topological polar surface area (TPSA) is 24.4 Å². The standard InChI is InChI=1S/C12H20N2.H2/c1-7-11(10(5)9(3)4)12(13-6)14-8-2;/h7-9H,1-2H2,3-6H3,(H,13,14);1H/b11-10+;. The van der Waals surface area contributed by atoms with Gasteiger partial charge in [-0.3, -0.25) is 4.99 Å². The lowest BCUT2D eigenvalue weighted by molar-refractivity contribution is 0.765. The Labute approximate surface area is 88.6 Å². The summed E-state index contributed by atoms with van der Waals surface area (Å²) in [5.74, 6) is 1.31. The highest BCUT2D eigenvalue weighted by atomic mass is 15.0. The molecule has 0 aliphatic carbocycles. The summed E-state index contributed by atoms with van der Waals surface area (Å²) in [7, 11) is 1.75. The molecule has 0 amide bonds. The van der Waals surface area contributed by atoms with Crippen LogP contribution in [0.5, 0.6) is 0 Å². The van der Waals surface area contributed by atoms with Gasteiger partial charge in [-0.15, -0.1) is 0 Å². The number of nitrogens with zero attached hydrogens (tertiary/aromatic N) is 1. The van der Waals surface area contributed by atoms with Gasteiger partial charge in [0.15, 0.2) is 0 Å². The molecule has 0 aromatic carbocycles. The van der Waals surface area contributed by atoms with Crippen molar-refractivity contribution in [1.82, 2.24) is 5.32 Å². The fraction of sp³-hybridized carbons (Fsp3) is 0.417. The van der Waals surface area contributed by atoms with E-state index in [9.17, 15) is 0 Å². The Morgan fingerprint density at radius 1 is 1.43 bits per heavy atom. The van der Waals surface area contributed by atoms with Gasteiger partial charge in [0.2, 0.25) is 0 Å². The largest absolute Gasteiger partial charge is 0.347 e. The van der Waals surface area contributed by atoms with Crippen molar-refractivity contribution in [3.05, 3.63) is 36.6 Å². The van der Waals surface area contributed by atoms with Gasteiger partial charge in [0, 0.05) is 14.0 Å². The monoisotopic (exact) mass is 194 g/mol. The highest BCUT2D eigenvalue weighted by Crippen LogP contribution is 2.15. The number of hydrogen-bond acceptors (Lipinski definition) is 1. The molecule has 0 spiro atoms. The SMILES string of the molecule is C=CNC(=NC)/C(C=C)=C(\C)C(C)C.[HH]. The first-order valence-corrected chi connectivity index (χ1v) is 4.76. The smallest absolute Gasteiger partial charge is 0.131 e. The van der Waals surface area contributed by atoms with Crippen LogP contribution >= 0.6 is 0 Å². The molecule has 0 aliphatic heterocycles. The van der Waals surface area contributed by atoms with Gasteiger partial charge in [0.1, 0.15) is 5.84 Å². The molecule has 2 heteroatoms. The Balaban J connectivity index is 0. The van der Waals surface area contributed by atoms with Crippen LogP contribution < -0.4 is 5.32 Å². The van der Waals surface area contributed by atoms with E-state index in [4.69, 9.17) is 0 Å². The summed E-state index contributed by atoms with van der Waals surface area (Å²) in [6, 6.07) is 0. The summed E-state index contributed by atoms with van der Waals surface area (Å²) in [6.45, 7) is 13.8. The molecule has 0 saturated carbocycles. The van der Waals surface area contributed by atoms with Crippen LogP contribution in [0.4, 0.5) is 0 Å². The van der Waals surface area contributed by atoms with Gasteiger partial charge in [0.25, 0.3) is 0 Å². The van der Waals surface area contributed by atoms with E-state index in [-0.39, 0.29) is 1.43 Å². The third-order valence-corrected chi connectivity index (χ3v) is 2.21. The van der Waals surface area contributed by atoms with E-state index in [1.807, 2.05) is 6.08 Å². The fourth-order valence-electron chi connectivity index (χ4n) is 1.11. The van der Waals surface area contributed by atoms with Gasteiger partial charge < -0.3 is 5.32 Å². The summed E-state index contributed by atoms with van der Waals surface area (Å²) >= 11 is 0. The third-order valence-electron chi connectivity index (χ3n) is 2.21. The lowest BCUT2D eigenvalue weighted by atomic mass is 9.98. The van der Waals surface area contributed by atoms with E-state index in [2.05, 4.69) is 44.2 Å². The summed E-state index contributed by atoms with van der Waals surface area (Å²) in [5, 5.41) is 3.00. The minimum absolute atomic E-state index is 0. The van der Waals surface area contributed by atoms with Gasteiger partial charge in [-0.05, 0) is 19.0 Å². The minimum atomic E-state index is 0. The van der Waals surface area contributed by atoms with Crippen LogP contribution in [-0.4, -0.2) is 12.9 Å². The molecule has 1 N–H and O–H groups in total. The van der Waals surface area contributed by atoms with Crippen LogP contribution in [0.25, 0.3) is 0 Å². The predicted molar refractivity (Wildman–Crippen MR) is 66.5 cm³/mol. The fourth-order valence-corrected chi connectivity index (χ4v) is 1.11. The van der Waals surface area contributed by atoms with Crippen molar-refractivity contribution in [3.8, 4) is 0 Å². The number of allylic oxidation sites excluding steroid dienone is 1. The van der Waals surface area contributed by atoms with E-state index in [1.54, 1.807) is 13.2 Å². The molecule has 0 heterocycles. The van der Waals surface area contributed by atoms with Crippen molar-refractivity contribution in [3.63, 3.8) is 0 Å². The highest BCUT2D eigenvalue weighted by molar-refractivity contribution is 6.01. The molecule has 2 nitrogen and oxygen atoms in total. The van der Waals surface area contributed by atoms with Crippen molar-refractivity contribution in [1.29, 1.82) is 0 Å². The van der Waals surface area contributed by atoms with Crippen molar-refractivity contribution in [2.24, 2.45) is 10.9 Å². The number of aliphatic imine (C=N–C) groups is 1. The van der Waals surface area contributed by atoms with E-state index in [0.29, 0.717) is 5.92 Å². The quantitative estimate of drug-likeness (QED) is 0.415. The normalized spacial score (nSPS) is 13.6. The number of nitrogens with one attached hydrogen (secondary N) is 1. The maximum Gasteiger partial charge on any atom is 0.131 e. The summed E-state index contributed by atoms with van der Waals surface area (Å²) in [5.41, 5.74) is 2.33. The molecule has 0 radical (unpaired) electrons. The first-order chi connectivity index (χ1) is 6.58. The number of amidine groups is 1. The van der Waals surface area contributed by atoms with Crippen LogP contribution in [0, 0.1) is 5.92 Å². The molecule has 0 rings (SSSR count). The zero-order valence-electron chi connectivity index (χ0n) is 9.59. The van der Waals surface area contributed by atoms with Gasteiger partial charge >= 0.3 is 0 Å². The molecule has 14 heavy (non-hydrogen) atoms. The highest BCUT2D eigenvalue weighted by Gasteiger charge is 2.07. The molecular weight excluding hydrogens is 172 g/mol. The molecule has 80 valence electrons. The third kappa shape index (κ3) is 3.21. The van der Waals surface area contributed by atoms with Crippen molar-refractivity contribution in [2.45, 2.75) is 20.8 Å². The van der Waals surface area contributed by atoms with Crippen molar-refractivity contribution in [2.75, 3.05) is 7.05 Å². The first-order valence-electron chi connectivity index (χ1n) is 4.76. The van der Waals surface area contributed by atoms with Crippen LogP contribution in [0.3, 0.4) is 0 Å². The van der Waals surface area contributed by atoms with Crippen LogP contribution in [-0.2, 0) is 0 Å². The van der Waals surface area contributed by atoms with E-state index < -0.39 is 0 Å². The maximum atomic E-state index is 4.16. The Morgan fingerprint density at radius 2 is 2.00 bits per heavy atom. The lowest BCUT2D eigenvalue weighted by Gasteiger charge is -2.13. The Kier molecular flexibility index (Phi) is 5.61. The van der Waals surface area contributed by atoms with E-state index in [1.165, 1.54) is 5.57 Å². The second-order valence-electron chi connectivity index (χ2n) is 3.38. The predicted octanol–water partition coefficient (Wildman–Crippen LogP) is 3.15. The second-order valence-corrected chi connectivity index (χ2v) is 3.38. The van der Waals surface area contributed by atoms with Gasteiger partial charge in [-0.25, -0.2) is 0 Å². The summed E-state index contributed by atoms with van der Waals surface area (Å²) < 4.78 is 0. The maximum absolute atomic E-state index is 4.16. The molecule has 0 aromatic heterocycles. The van der Waals surface area contributed by atoms with Crippen LogP contribution in [0.15, 0.2) is 41.6 Å². The van der Waals surface area contributed by atoms with Crippen LogP contribution in [0.2, 0.25) is 0 Å². The zero-order chi connectivity index (χ0) is 11.1. The first kappa shape index (κ1) is 12.7. The molecule has 0 aromatic rings. The molecular formula is C12H22N2. The lowest BCUT2D eigenvalue weighted by Crippen LogP contribution is -2.20. The molecule has 0 saturated heterocycles. The Morgan fingerprint density at radius 3 is 2.29 bits per heavy atom. The summed E-state index contributed by atoms with van der Waals surface area (Å²) in [4.78, 5) is 4.16. The van der Waals surface area contributed by atoms with E-state index >= 15 is 0 Å². The molecule has 0 bridgehead atoms. The molecule has 0 unspecified atom stereocenters.